The lowest BCUT2D eigenvalue weighted by molar-refractivity contribution is -0.137. The smallest absolute Gasteiger partial charge is 0.384 e. The van der Waals surface area contributed by atoms with Gasteiger partial charge in [-0.15, -0.1) is 0 Å². The third-order valence-electron chi connectivity index (χ3n) is 3.84. The molecular formula is C16H22F3NO2. The molecule has 1 saturated heterocycles. The Morgan fingerprint density at radius 2 is 1.73 bits per heavy atom. The van der Waals surface area contributed by atoms with Gasteiger partial charge in [0.15, 0.2) is 0 Å². The number of alkyl halides is 3. The molecule has 3 unspecified atom stereocenters. The highest BCUT2D eigenvalue weighted by atomic mass is 19.4. The summed E-state index contributed by atoms with van der Waals surface area (Å²) in [6, 6.07) is 4.89. The van der Waals surface area contributed by atoms with Crippen molar-refractivity contribution in [1.29, 1.82) is 0 Å². The SMILES string of the molecule is CC1CN(CC(C)(O)c2cccc(C(F)(F)F)c2)CC(C)O1. The van der Waals surface area contributed by atoms with Crippen LogP contribution in [0.25, 0.3) is 0 Å². The zero-order valence-corrected chi connectivity index (χ0v) is 13.0. The fourth-order valence-electron chi connectivity index (χ4n) is 2.97. The van der Waals surface area contributed by atoms with Crippen LogP contribution in [0.2, 0.25) is 0 Å². The highest BCUT2D eigenvalue weighted by Gasteiger charge is 2.34. The third-order valence-corrected chi connectivity index (χ3v) is 3.84. The van der Waals surface area contributed by atoms with Gasteiger partial charge in [-0.1, -0.05) is 12.1 Å². The summed E-state index contributed by atoms with van der Waals surface area (Å²) in [5.74, 6) is 0. The second kappa shape index (κ2) is 6.18. The topological polar surface area (TPSA) is 32.7 Å². The molecule has 1 heterocycles. The number of ether oxygens (including phenoxy) is 1. The van der Waals surface area contributed by atoms with Crippen molar-refractivity contribution in [1.82, 2.24) is 4.90 Å². The Morgan fingerprint density at radius 1 is 1.18 bits per heavy atom. The van der Waals surface area contributed by atoms with Crippen LogP contribution in [0.4, 0.5) is 13.2 Å². The van der Waals surface area contributed by atoms with Gasteiger partial charge in [0.25, 0.3) is 0 Å². The van der Waals surface area contributed by atoms with Crippen LogP contribution in [0.15, 0.2) is 24.3 Å². The molecular weight excluding hydrogens is 295 g/mol. The molecule has 0 aliphatic carbocycles. The Balaban J connectivity index is 2.16. The van der Waals surface area contributed by atoms with E-state index in [1.165, 1.54) is 12.1 Å². The largest absolute Gasteiger partial charge is 0.416 e. The number of benzene rings is 1. The van der Waals surface area contributed by atoms with Crippen molar-refractivity contribution in [2.75, 3.05) is 19.6 Å². The average molecular weight is 317 g/mol. The minimum absolute atomic E-state index is 0.0426. The molecule has 0 amide bonds. The van der Waals surface area contributed by atoms with E-state index < -0.39 is 17.3 Å². The molecule has 1 N–H and O–H groups in total. The first-order valence-corrected chi connectivity index (χ1v) is 7.36. The molecule has 3 nitrogen and oxygen atoms in total. The standard InChI is InChI=1S/C16H22F3NO2/c1-11-8-20(9-12(2)22-11)10-15(3,21)13-5-4-6-14(7-13)16(17,18)19/h4-7,11-12,21H,8-10H2,1-3H3. The van der Waals surface area contributed by atoms with E-state index in [2.05, 4.69) is 0 Å². The minimum atomic E-state index is -4.41. The van der Waals surface area contributed by atoms with Crippen LogP contribution in [0.1, 0.15) is 31.9 Å². The first-order chi connectivity index (χ1) is 10.1. The van der Waals surface area contributed by atoms with Crippen LogP contribution in [0.3, 0.4) is 0 Å². The van der Waals surface area contributed by atoms with Crippen LogP contribution in [-0.4, -0.2) is 41.8 Å². The second-order valence-corrected chi connectivity index (χ2v) is 6.30. The van der Waals surface area contributed by atoms with E-state index in [4.69, 9.17) is 4.74 Å². The summed E-state index contributed by atoms with van der Waals surface area (Å²) >= 11 is 0. The van der Waals surface area contributed by atoms with Gasteiger partial charge < -0.3 is 9.84 Å². The Morgan fingerprint density at radius 3 is 2.27 bits per heavy atom. The Bertz CT molecular complexity index is 506. The van der Waals surface area contributed by atoms with Gasteiger partial charge in [0, 0.05) is 19.6 Å². The lowest BCUT2D eigenvalue weighted by atomic mass is 9.93. The molecule has 0 bridgehead atoms. The normalized spacial score (nSPS) is 26.7. The molecule has 0 radical (unpaired) electrons. The number of halogens is 3. The molecule has 124 valence electrons. The van der Waals surface area contributed by atoms with E-state index in [1.807, 2.05) is 18.7 Å². The van der Waals surface area contributed by atoms with Crippen LogP contribution in [0.5, 0.6) is 0 Å². The maximum atomic E-state index is 12.8. The van der Waals surface area contributed by atoms with Gasteiger partial charge in [0.1, 0.15) is 0 Å². The summed E-state index contributed by atoms with van der Waals surface area (Å²) in [5.41, 5.74) is -1.82. The predicted molar refractivity (Wildman–Crippen MR) is 77.5 cm³/mol. The maximum absolute atomic E-state index is 12.8. The van der Waals surface area contributed by atoms with Gasteiger partial charge in [0.05, 0.1) is 23.4 Å². The summed E-state index contributed by atoms with van der Waals surface area (Å²) < 4.78 is 44.1. The molecule has 1 aliphatic rings. The van der Waals surface area contributed by atoms with Gasteiger partial charge in [0.2, 0.25) is 0 Å². The summed E-state index contributed by atoms with van der Waals surface area (Å²) in [4.78, 5) is 2.03. The number of morpholine rings is 1. The number of hydrogen-bond donors (Lipinski definition) is 1. The summed E-state index contributed by atoms with van der Waals surface area (Å²) in [7, 11) is 0. The fraction of sp³-hybridized carbons (Fsp3) is 0.625. The number of β-amino-alcohol motifs (C(OH)–C–C–N with tert-alkyl or cyclic N) is 1. The summed E-state index contributed by atoms with van der Waals surface area (Å²) in [6.45, 7) is 7.02. The van der Waals surface area contributed by atoms with Crippen LogP contribution < -0.4 is 0 Å². The van der Waals surface area contributed by atoms with Crippen molar-refractivity contribution in [3.05, 3.63) is 35.4 Å². The molecule has 2 rings (SSSR count). The van der Waals surface area contributed by atoms with Crippen molar-refractivity contribution in [3.8, 4) is 0 Å². The minimum Gasteiger partial charge on any atom is -0.384 e. The number of rotatable bonds is 3. The zero-order chi connectivity index (χ0) is 16.5. The highest BCUT2D eigenvalue weighted by Crippen LogP contribution is 2.32. The lowest BCUT2D eigenvalue weighted by Gasteiger charge is -2.39. The molecule has 0 saturated carbocycles. The average Bonchev–Trinajstić information content (AvgIpc) is 2.36. The van der Waals surface area contributed by atoms with E-state index in [-0.39, 0.29) is 24.3 Å². The molecule has 0 aromatic heterocycles. The van der Waals surface area contributed by atoms with E-state index in [9.17, 15) is 18.3 Å². The van der Waals surface area contributed by atoms with Gasteiger partial charge in [-0.2, -0.15) is 13.2 Å². The summed E-state index contributed by atoms with van der Waals surface area (Å²) in [5, 5.41) is 10.7. The van der Waals surface area contributed by atoms with Gasteiger partial charge >= 0.3 is 6.18 Å². The molecule has 1 fully saturated rings. The fourth-order valence-corrected chi connectivity index (χ4v) is 2.97. The molecule has 1 aliphatic heterocycles. The first kappa shape index (κ1) is 17.2. The molecule has 1 aromatic rings. The van der Waals surface area contributed by atoms with E-state index in [0.29, 0.717) is 13.1 Å². The van der Waals surface area contributed by atoms with E-state index in [0.717, 1.165) is 12.1 Å². The molecule has 22 heavy (non-hydrogen) atoms. The van der Waals surface area contributed by atoms with Crippen LogP contribution >= 0.6 is 0 Å². The quantitative estimate of drug-likeness (QED) is 0.930. The zero-order valence-electron chi connectivity index (χ0n) is 13.0. The Hall–Kier alpha value is -1.11. The lowest BCUT2D eigenvalue weighted by Crippen LogP contribution is -2.50. The molecule has 1 aromatic carbocycles. The van der Waals surface area contributed by atoms with Crippen molar-refractivity contribution in [2.45, 2.75) is 44.8 Å². The van der Waals surface area contributed by atoms with Gasteiger partial charge in [-0.3, -0.25) is 4.90 Å². The van der Waals surface area contributed by atoms with Crippen molar-refractivity contribution in [2.24, 2.45) is 0 Å². The first-order valence-electron chi connectivity index (χ1n) is 7.36. The number of nitrogens with zero attached hydrogens (tertiary/aromatic N) is 1. The van der Waals surface area contributed by atoms with Crippen molar-refractivity contribution < 1.29 is 23.0 Å². The monoisotopic (exact) mass is 317 g/mol. The number of hydrogen-bond acceptors (Lipinski definition) is 3. The Kier molecular flexibility index (Phi) is 4.84. The van der Waals surface area contributed by atoms with Crippen molar-refractivity contribution >= 4 is 0 Å². The van der Waals surface area contributed by atoms with Crippen LogP contribution in [0, 0.1) is 0 Å². The number of aliphatic hydroxyl groups is 1. The predicted octanol–water partition coefficient (Wildman–Crippen LogP) is 3.02. The van der Waals surface area contributed by atoms with Crippen molar-refractivity contribution in [3.63, 3.8) is 0 Å². The maximum Gasteiger partial charge on any atom is 0.416 e. The van der Waals surface area contributed by atoms with E-state index >= 15 is 0 Å². The molecule has 6 heteroatoms. The second-order valence-electron chi connectivity index (χ2n) is 6.30. The van der Waals surface area contributed by atoms with Gasteiger partial charge in [-0.05, 0) is 38.5 Å². The third kappa shape index (κ3) is 4.21. The molecule has 0 spiro atoms. The highest BCUT2D eigenvalue weighted by molar-refractivity contribution is 5.29. The van der Waals surface area contributed by atoms with Crippen LogP contribution in [-0.2, 0) is 16.5 Å². The summed E-state index contributed by atoms with van der Waals surface area (Å²) in [6.07, 6.45) is -4.32. The van der Waals surface area contributed by atoms with E-state index in [1.54, 1.807) is 6.92 Å². The molecule has 3 atom stereocenters. The Labute approximate surface area is 128 Å². The van der Waals surface area contributed by atoms with Gasteiger partial charge in [-0.25, -0.2) is 0 Å².